The van der Waals surface area contributed by atoms with Gasteiger partial charge in [0.25, 0.3) is 0 Å². The molecule has 0 amide bonds. The molecule has 6 atom stereocenters. The number of halogens is 1. The summed E-state index contributed by atoms with van der Waals surface area (Å²) in [5, 5.41) is 32.2. The molecule has 1 aliphatic heterocycles. The van der Waals surface area contributed by atoms with Crippen molar-refractivity contribution in [2.75, 3.05) is 6.61 Å². The molecule has 190 valence electrons. The lowest BCUT2D eigenvalue weighted by molar-refractivity contribution is -0.291. The minimum Gasteiger partial charge on any atom is -0.494 e. The molecular weight excluding hydrogens is 484 g/mol. The van der Waals surface area contributed by atoms with E-state index in [0.717, 1.165) is 16.9 Å². The van der Waals surface area contributed by atoms with Crippen LogP contribution < -0.4 is 4.74 Å². The number of aliphatic hydroxyl groups is 3. The lowest BCUT2D eigenvalue weighted by Gasteiger charge is -2.40. The van der Waals surface area contributed by atoms with E-state index in [1.54, 1.807) is 37.3 Å². The van der Waals surface area contributed by atoms with E-state index in [0.29, 0.717) is 22.8 Å². The summed E-state index contributed by atoms with van der Waals surface area (Å²) in [4.78, 5) is 12.8. The number of hydrogen-bond donors (Lipinski definition) is 3. The van der Waals surface area contributed by atoms with Gasteiger partial charge in [-0.25, -0.2) is 0 Å². The van der Waals surface area contributed by atoms with Crippen molar-refractivity contribution < 1.29 is 34.3 Å². The number of aliphatic hydroxyl groups excluding tert-OH is 3. The molecule has 3 aromatic carbocycles. The van der Waals surface area contributed by atoms with Crippen molar-refractivity contribution in [3.63, 3.8) is 0 Å². The van der Waals surface area contributed by atoms with Gasteiger partial charge in [0.2, 0.25) is 6.29 Å². The molecule has 7 nitrogen and oxygen atoms in total. The molecule has 4 rings (SSSR count). The van der Waals surface area contributed by atoms with Crippen LogP contribution in [0.5, 0.6) is 5.75 Å². The highest BCUT2D eigenvalue weighted by Gasteiger charge is 2.46. The molecule has 1 fully saturated rings. The summed E-state index contributed by atoms with van der Waals surface area (Å²) in [7, 11) is 0. The molecule has 0 saturated carbocycles. The van der Waals surface area contributed by atoms with Crippen LogP contribution >= 0.6 is 11.6 Å². The van der Waals surface area contributed by atoms with E-state index in [1.165, 1.54) is 0 Å². The second kappa shape index (κ2) is 11.4. The summed E-state index contributed by atoms with van der Waals surface area (Å²) in [6.45, 7) is 4.14. The van der Waals surface area contributed by atoms with E-state index in [-0.39, 0.29) is 0 Å². The number of benzene rings is 3. The third-order valence-electron chi connectivity index (χ3n) is 6.25. The van der Waals surface area contributed by atoms with Crippen LogP contribution in [0.25, 0.3) is 11.1 Å². The first kappa shape index (κ1) is 26.1. The Labute approximate surface area is 214 Å². The van der Waals surface area contributed by atoms with Gasteiger partial charge in [0.05, 0.1) is 12.5 Å². The van der Waals surface area contributed by atoms with Gasteiger partial charge < -0.3 is 29.5 Å². The molecule has 1 unspecified atom stereocenters. The zero-order valence-corrected chi connectivity index (χ0v) is 20.7. The van der Waals surface area contributed by atoms with Gasteiger partial charge in [0.1, 0.15) is 30.2 Å². The quantitative estimate of drug-likeness (QED) is 0.407. The van der Waals surface area contributed by atoms with E-state index in [4.69, 9.17) is 25.8 Å². The Hall–Kier alpha value is -2.94. The minimum atomic E-state index is -1.62. The Bertz CT molecular complexity index is 1170. The molecule has 1 saturated heterocycles. The van der Waals surface area contributed by atoms with Crippen LogP contribution in [0.15, 0.2) is 72.8 Å². The molecule has 1 aliphatic rings. The van der Waals surface area contributed by atoms with E-state index in [9.17, 15) is 20.1 Å². The summed E-state index contributed by atoms with van der Waals surface area (Å²) in [6.07, 6.45) is -7.24. The first-order valence-corrected chi connectivity index (χ1v) is 12.2. The van der Waals surface area contributed by atoms with Gasteiger partial charge in [0, 0.05) is 10.6 Å². The predicted molar refractivity (Wildman–Crippen MR) is 135 cm³/mol. The van der Waals surface area contributed by atoms with Gasteiger partial charge in [0.15, 0.2) is 0 Å². The minimum absolute atomic E-state index is 0.480. The van der Waals surface area contributed by atoms with Crippen molar-refractivity contribution in [2.24, 2.45) is 0 Å². The van der Waals surface area contributed by atoms with Gasteiger partial charge in [-0.1, -0.05) is 60.1 Å². The Kier molecular flexibility index (Phi) is 8.28. The maximum Gasteiger partial charge on any atom is 0.315 e. The number of esters is 1. The van der Waals surface area contributed by atoms with Crippen molar-refractivity contribution in [3.05, 3.63) is 88.9 Å². The molecular formula is C28H29ClO7. The molecule has 0 aromatic heterocycles. The number of hydrogen-bond acceptors (Lipinski definition) is 7. The Balaban J connectivity index is 1.57. The number of ether oxygens (including phenoxy) is 3. The second-order valence-corrected chi connectivity index (χ2v) is 9.07. The highest BCUT2D eigenvalue weighted by molar-refractivity contribution is 6.33. The molecule has 0 bridgehead atoms. The largest absolute Gasteiger partial charge is 0.494 e. The smallest absolute Gasteiger partial charge is 0.315 e. The van der Waals surface area contributed by atoms with Crippen molar-refractivity contribution in [2.45, 2.75) is 50.5 Å². The third kappa shape index (κ3) is 5.56. The van der Waals surface area contributed by atoms with Crippen LogP contribution in [0.1, 0.15) is 37.0 Å². The van der Waals surface area contributed by atoms with Crippen molar-refractivity contribution in [1.82, 2.24) is 0 Å². The maximum atomic E-state index is 12.8. The molecule has 8 heteroatoms. The molecule has 36 heavy (non-hydrogen) atoms. The van der Waals surface area contributed by atoms with E-state index in [2.05, 4.69) is 0 Å². The van der Waals surface area contributed by atoms with Gasteiger partial charge >= 0.3 is 5.97 Å². The van der Waals surface area contributed by atoms with Crippen LogP contribution in [0.3, 0.4) is 0 Å². The second-order valence-electron chi connectivity index (χ2n) is 8.66. The highest BCUT2D eigenvalue weighted by Crippen LogP contribution is 2.37. The van der Waals surface area contributed by atoms with Gasteiger partial charge in [-0.3, -0.25) is 4.79 Å². The summed E-state index contributed by atoms with van der Waals surface area (Å²) in [5.41, 5.74) is 2.73. The fourth-order valence-corrected chi connectivity index (χ4v) is 4.38. The lowest BCUT2D eigenvalue weighted by atomic mass is 9.92. The summed E-state index contributed by atoms with van der Waals surface area (Å²) >= 11 is 6.46. The van der Waals surface area contributed by atoms with Gasteiger partial charge in [-0.05, 0) is 54.8 Å². The Morgan fingerprint density at radius 1 is 0.972 bits per heavy atom. The van der Waals surface area contributed by atoms with Crippen molar-refractivity contribution >= 4 is 17.6 Å². The fourth-order valence-electron chi connectivity index (χ4n) is 4.15. The third-order valence-corrected chi connectivity index (χ3v) is 6.58. The van der Waals surface area contributed by atoms with Crippen LogP contribution in [0.4, 0.5) is 0 Å². The fraction of sp³-hybridized carbons (Fsp3) is 0.321. The molecule has 0 aliphatic carbocycles. The SMILES string of the molecule is CCOc1ccc(-c2cc([C@@H]3O[C@H](OC(=O)C(C)c4ccccc4)[C@@H](O)[C@H](O)[C@H]3O)ccc2Cl)cc1. The summed E-state index contributed by atoms with van der Waals surface area (Å²) in [5.74, 6) is -0.518. The van der Waals surface area contributed by atoms with Crippen LogP contribution in [-0.2, 0) is 14.3 Å². The maximum absolute atomic E-state index is 12.8. The zero-order valence-electron chi connectivity index (χ0n) is 20.0. The van der Waals surface area contributed by atoms with Crippen LogP contribution in [0.2, 0.25) is 5.02 Å². The standard InChI is InChI=1S/C28H29ClO7/c1-3-34-20-12-9-18(10-13-20)21-15-19(11-14-22(21)29)26-24(31)23(30)25(32)28(35-26)36-27(33)16(2)17-7-5-4-6-8-17/h4-16,23-26,28,30-32H,3H2,1-2H3/t16?,23-,24-,25+,26+,28-/m1/s1. The monoisotopic (exact) mass is 512 g/mol. The first-order valence-electron chi connectivity index (χ1n) is 11.8. The molecule has 3 N–H and O–H groups in total. The lowest BCUT2D eigenvalue weighted by Crippen LogP contribution is -2.55. The van der Waals surface area contributed by atoms with E-state index < -0.39 is 42.6 Å². The Morgan fingerprint density at radius 3 is 2.33 bits per heavy atom. The molecule has 1 heterocycles. The Morgan fingerprint density at radius 2 is 1.67 bits per heavy atom. The van der Waals surface area contributed by atoms with E-state index >= 15 is 0 Å². The summed E-state index contributed by atoms with van der Waals surface area (Å²) in [6, 6.07) is 21.5. The average Bonchev–Trinajstić information content (AvgIpc) is 2.90. The molecule has 3 aromatic rings. The van der Waals surface area contributed by atoms with E-state index in [1.807, 2.05) is 49.4 Å². The van der Waals surface area contributed by atoms with Crippen molar-refractivity contribution in [3.8, 4) is 16.9 Å². The van der Waals surface area contributed by atoms with Crippen LogP contribution in [0, 0.1) is 0 Å². The van der Waals surface area contributed by atoms with Gasteiger partial charge in [-0.15, -0.1) is 0 Å². The highest BCUT2D eigenvalue weighted by atomic mass is 35.5. The zero-order chi connectivity index (χ0) is 25.8. The number of carbonyl (C=O) groups excluding carboxylic acids is 1. The predicted octanol–water partition coefficient (Wildman–Crippen LogP) is 4.23. The summed E-state index contributed by atoms with van der Waals surface area (Å²) < 4.78 is 16.8. The normalized spacial score (nSPS) is 24.7. The average molecular weight is 513 g/mol. The topological polar surface area (TPSA) is 105 Å². The molecule has 0 spiro atoms. The van der Waals surface area contributed by atoms with Crippen molar-refractivity contribution in [1.29, 1.82) is 0 Å². The number of rotatable bonds is 7. The van der Waals surface area contributed by atoms with Crippen LogP contribution in [-0.4, -0.2) is 52.5 Å². The van der Waals surface area contributed by atoms with Gasteiger partial charge in [-0.2, -0.15) is 0 Å². The first-order chi connectivity index (χ1) is 17.3. The number of carbonyl (C=O) groups is 1. The molecule has 0 radical (unpaired) electrons.